The molecule has 1 aromatic heterocycles. The van der Waals surface area contributed by atoms with Gasteiger partial charge in [0.25, 0.3) is 5.91 Å². The molecule has 138 valence electrons. The summed E-state index contributed by atoms with van der Waals surface area (Å²) in [6, 6.07) is 8.36. The summed E-state index contributed by atoms with van der Waals surface area (Å²) >= 11 is 1.80. The van der Waals surface area contributed by atoms with Crippen molar-refractivity contribution in [1.82, 2.24) is 5.32 Å². The predicted octanol–water partition coefficient (Wildman–Crippen LogP) is 5.45. The molecular weight excluding hydrogens is 340 g/mol. The molecular formula is C22H28N2OS. The van der Waals surface area contributed by atoms with Crippen molar-refractivity contribution < 1.29 is 4.79 Å². The van der Waals surface area contributed by atoms with E-state index in [1.165, 1.54) is 28.8 Å². The molecule has 1 aliphatic carbocycles. The minimum absolute atomic E-state index is 0.0787. The average molecular weight is 369 g/mol. The van der Waals surface area contributed by atoms with Gasteiger partial charge in [-0.1, -0.05) is 57.0 Å². The lowest BCUT2D eigenvalue weighted by Gasteiger charge is -2.36. The summed E-state index contributed by atoms with van der Waals surface area (Å²) in [7, 11) is 0. The molecule has 0 saturated carbocycles. The van der Waals surface area contributed by atoms with Crippen LogP contribution in [0.3, 0.4) is 0 Å². The highest BCUT2D eigenvalue weighted by molar-refractivity contribution is 7.16. The fraction of sp³-hybridized carbons (Fsp3) is 0.500. The maximum absolute atomic E-state index is 12.9. The Hall–Kier alpha value is -1.81. The summed E-state index contributed by atoms with van der Waals surface area (Å²) in [4.78, 5) is 14.3. The van der Waals surface area contributed by atoms with Gasteiger partial charge in [0.05, 0.1) is 5.56 Å². The van der Waals surface area contributed by atoms with E-state index in [2.05, 4.69) is 62.6 Å². The van der Waals surface area contributed by atoms with Gasteiger partial charge in [-0.2, -0.15) is 0 Å². The van der Waals surface area contributed by atoms with Crippen LogP contribution in [0.4, 0.5) is 5.00 Å². The molecule has 0 unspecified atom stereocenters. The Morgan fingerprint density at radius 2 is 1.92 bits per heavy atom. The molecule has 1 amide bonds. The topological polar surface area (TPSA) is 41.1 Å². The quantitative estimate of drug-likeness (QED) is 0.756. The van der Waals surface area contributed by atoms with Gasteiger partial charge in [0.1, 0.15) is 11.2 Å². The van der Waals surface area contributed by atoms with E-state index in [1.807, 2.05) is 0 Å². The number of amides is 1. The Morgan fingerprint density at radius 3 is 2.62 bits per heavy atom. The Bertz CT molecular complexity index is 835. The third-order valence-corrected chi connectivity index (χ3v) is 7.66. The number of nitrogens with one attached hydrogen (secondary N) is 2. The molecule has 0 bridgehead atoms. The van der Waals surface area contributed by atoms with Gasteiger partial charge in [0, 0.05) is 4.88 Å². The Kier molecular flexibility index (Phi) is 4.34. The molecule has 2 aromatic rings. The molecule has 0 fully saturated rings. The van der Waals surface area contributed by atoms with Gasteiger partial charge >= 0.3 is 0 Å². The van der Waals surface area contributed by atoms with Gasteiger partial charge < -0.3 is 10.6 Å². The van der Waals surface area contributed by atoms with E-state index in [9.17, 15) is 4.79 Å². The standard InChI is InChI=1S/C22H28N2OS/c1-5-22(3,4)15-10-11-16-17(12-15)26-21-18(16)20(25)23-19(24-21)14-8-6-13(2)7-9-14/h6-9,15,19,24H,5,10-12H2,1-4H3,(H,23,25)/t15-,19-/m0/s1. The van der Waals surface area contributed by atoms with Crippen LogP contribution in [0.5, 0.6) is 0 Å². The number of carbonyl (C=O) groups is 1. The summed E-state index contributed by atoms with van der Waals surface area (Å²) in [5.74, 6) is 0.783. The number of anilines is 1. The third-order valence-electron chi connectivity index (χ3n) is 6.47. The van der Waals surface area contributed by atoms with Crippen LogP contribution < -0.4 is 10.6 Å². The molecule has 2 atom stereocenters. The lowest BCUT2D eigenvalue weighted by atomic mass is 9.69. The lowest BCUT2D eigenvalue weighted by molar-refractivity contribution is 0.0934. The zero-order valence-electron chi connectivity index (χ0n) is 16.1. The van der Waals surface area contributed by atoms with Crippen molar-refractivity contribution >= 4 is 22.2 Å². The molecule has 3 nitrogen and oxygen atoms in total. The summed E-state index contributed by atoms with van der Waals surface area (Å²) in [5, 5.41) is 7.78. The monoisotopic (exact) mass is 368 g/mol. The number of hydrogen-bond acceptors (Lipinski definition) is 3. The first-order chi connectivity index (χ1) is 12.4. The van der Waals surface area contributed by atoms with Gasteiger partial charge in [-0.15, -0.1) is 11.3 Å². The second kappa shape index (κ2) is 6.41. The molecule has 1 aliphatic heterocycles. The van der Waals surface area contributed by atoms with Crippen molar-refractivity contribution in [3.05, 3.63) is 51.4 Å². The zero-order chi connectivity index (χ0) is 18.5. The molecule has 4 rings (SSSR count). The van der Waals surface area contributed by atoms with Gasteiger partial charge in [0.2, 0.25) is 0 Å². The highest BCUT2D eigenvalue weighted by Crippen LogP contribution is 2.46. The van der Waals surface area contributed by atoms with E-state index in [0.29, 0.717) is 11.3 Å². The van der Waals surface area contributed by atoms with Crippen LogP contribution in [-0.2, 0) is 12.8 Å². The molecule has 0 saturated heterocycles. The van der Waals surface area contributed by atoms with Crippen molar-refractivity contribution in [3.8, 4) is 0 Å². The normalized spacial score (nSPS) is 22.2. The van der Waals surface area contributed by atoms with Crippen LogP contribution in [0.1, 0.15) is 71.7 Å². The molecule has 4 heteroatoms. The first-order valence-electron chi connectivity index (χ1n) is 9.67. The van der Waals surface area contributed by atoms with E-state index in [0.717, 1.165) is 29.0 Å². The first kappa shape index (κ1) is 17.6. The average Bonchev–Trinajstić information content (AvgIpc) is 3.00. The second-order valence-corrected chi connectivity index (χ2v) is 9.56. The van der Waals surface area contributed by atoms with Gasteiger partial charge in [-0.3, -0.25) is 4.79 Å². The maximum atomic E-state index is 12.9. The number of hydrogen-bond donors (Lipinski definition) is 2. The highest BCUT2D eigenvalue weighted by atomic mass is 32.1. The molecule has 2 heterocycles. The Morgan fingerprint density at radius 1 is 1.19 bits per heavy atom. The Balaban J connectivity index is 1.63. The van der Waals surface area contributed by atoms with Gasteiger partial charge in [-0.25, -0.2) is 0 Å². The van der Waals surface area contributed by atoms with Crippen molar-refractivity contribution in [2.24, 2.45) is 11.3 Å². The number of thiophene rings is 1. The third kappa shape index (κ3) is 2.94. The smallest absolute Gasteiger partial charge is 0.256 e. The first-order valence-corrected chi connectivity index (χ1v) is 10.5. The van der Waals surface area contributed by atoms with Crippen LogP contribution in [0, 0.1) is 18.3 Å². The number of aryl methyl sites for hydroxylation is 1. The van der Waals surface area contributed by atoms with Gasteiger partial charge in [-0.05, 0) is 48.6 Å². The van der Waals surface area contributed by atoms with Crippen LogP contribution in [-0.4, -0.2) is 5.91 Å². The van der Waals surface area contributed by atoms with E-state index in [-0.39, 0.29) is 12.1 Å². The number of benzene rings is 1. The summed E-state index contributed by atoms with van der Waals surface area (Å²) < 4.78 is 0. The number of fused-ring (bicyclic) bond motifs is 3. The molecule has 0 spiro atoms. The van der Waals surface area contributed by atoms with E-state index >= 15 is 0 Å². The predicted molar refractivity (Wildman–Crippen MR) is 109 cm³/mol. The molecule has 0 radical (unpaired) electrons. The largest absolute Gasteiger partial charge is 0.353 e. The SMILES string of the molecule is CCC(C)(C)[C@H]1CCc2c(sc3c2C(=O)N[C@H](c2ccc(C)cc2)N3)C1. The molecule has 1 aromatic carbocycles. The summed E-state index contributed by atoms with van der Waals surface area (Å²) in [5.41, 5.74) is 4.89. The molecule has 2 N–H and O–H groups in total. The minimum atomic E-state index is -0.140. The number of carbonyl (C=O) groups excluding carboxylic acids is 1. The van der Waals surface area contributed by atoms with Crippen molar-refractivity contribution in [2.75, 3.05) is 5.32 Å². The van der Waals surface area contributed by atoms with E-state index in [1.54, 1.807) is 11.3 Å². The Labute approximate surface area is 160 Å². The zero-order valence-corrected chi connectivity index (χ0v) is 16.9. The molecule has 2 aliphatic rings. The fourth-order valence-electron chi connectivity index (χ4n) is 4.18. The van der Waals surface area contributed by atoms with Crippen LogP contribution >= 0.6 is 11.3 Å². The number of rotatable bonds is 3. The summed E-state index contributed by atoms with van der Waals surface area (Å²) in [6.07, 6.45) is 4.38. The fourth-order valence-corrected chi connectivity index (χ4v) is 5.53. The highest BCUT2D eigenvalue weighted by Gasteiger charge is 2.37. The van der Waals surface area contributed by atoms with Gasteiger partial charge in [0.15, 0.2) is 0 Å². The van der Waals surface area contributed by atoms with Crippen LogP contribution in [0.15, 0.2) is 24.3 Å². The molecule has 26 heavy (non-hydrogen) atoms. The minimum Gasteiger partial charge on any atom is -0.353 e. The van der Waals surface area contributed by atoms with Crippen LogP contribution in [0.2, 0.25) is 0 Å². The van der Waals surface area contributed by atoms with Crippen LogP contribution in [0.25, 0.3) is 0 Å². The van der Waals surface area contributed by atoms with E-state index in [4.69, 9.17) is 0 Å². The van der Waals surface area contributed by atoms with Crippen molar-refractivity contribution in [1.29, 1.82) is 0 Å². The van der Waals surface area contributed by atoms with E-state index < -0.39 is 0 Å². The summed E-state index contributed by atoms with van der Waals surface area (Å²) in [6.45, 7) is 9.13. The maximum Gasteiger partial charge on any atom is 0.256 e. The van der Waals surface area contributed by atoms with Crippen molar-refractivity contribution in [3.63, 3.8) is 0 Å². The van der Waals surface area contributed by atoms with Crippen molar-refractivity contribution in [2.45, 2.75) is 59.5 Å². The second-order valence-electron chi connectivity index (χ2n) is 8.45. The lowest BCUT2D eigenvalue weighted by Crippen LogP contribution is -2.38.